The number of benzene rings is 1. The zero-order valence-corrected chi connectivity index (χ0v) is 8.20. The lowest BCUT2D eigenvalue weighted by Gasteiger charge is -2.09. The summed E-state index contributed by atoms with van der Waals surface area (Å²) in [6.07, 6.45) is 0. The molecule has 0 heterocycles. The molecule has 4 heteroatoms. The third-order valence-electron chi connectivity index (χ3n) is 1.76. The van der Waals surface area contributed by atoms with E-state index in [0.29, 0.717) is 11.4 Å². The predicted molar refractivity (Wildman–Crippen MR) is 53.2 cm³/mol. The van der Waals surface area contributed by atoms with Crippen LogP contribution in [0.4, 0.5) is 5.69 Å². The highest BCUT2D eigenvalue weighted by atomic mass is 16.5. The van der Waals surface area contributed by atoms with Crippen LogP contribution < -0.4 is 10.1 Å². The molecule has 0 spiro atoms. The van der Waals surface area contributed by atoms with Crippen molar-refractivity contribution in [2.24, 2.45) is 0 Å². The van der Waals surface area contributed by atoms with Crippen molar-refractivity contribution in [2.45, 2.75) is 13.5 Å². The zero-order chi connectivity index (χ0) is 10.6. The number of hydrogen-bond donors (Lipinski definition) is 2. The van der Waals surface area contributed by atoms with E-state index in [9.17, 15) is 4.79 Å². The zero-order valence-electron chi connectivity index (χ0n) is 8.20. The molecule has 0 unspecified atom stereocenters. The van der Waals surface area contributed by atoms with Gasteiger partial charge in [-0.15, -0.1) is 0 Å². The molecule has 1 aromatic rings. The molecule has 0 fully saturated rings. The Morgan fingerprint density at radius 2 is 2.29 bits per heavy atom. The van der Waals surface area contributed by atoms with Gasteiger partial charge >= 0.3 is 0 Å². The van der Waals surface area contributed by atoms with E-state index in [2.05, 4.69) is 5.32 Å². The fourth-order valence-corrected chi connectivity index (χ4v) is 1.14. The topological polar surface area (TPSA) is 58.6 Å². The van der Waals surface area contributed by atoms with E-state index in [1.165, 1.54) is 14.0 Å². The van der Waals surface area contributed by atoms with Crippen LogP contribution in [0.5, 0.6) is 5.75 Å². The normalized spacial score (nSPS) is 9.64. The summed E-state index contributed by atoms with van der Waals surface area (Å²) in [6.45, 7) is 1.36. The third kappa shape index (κ3) is 2.47. The van der Waals surface area contributed by atoms with E-state index in [1.54, 1.807) is 18.2 Å². The van der Waals surface area contributed by atoms with Gasteiger partial charge in [0.15, 0.2) is 0 Å². The van der Waals surface area contributed by atoms with Gasteiger partial charge < -0.3 is 15.2 Å². The van der Waals surface area contributed by atoms with Crippen molar-refractivity contribution in [3.8, 4) is 5.75 Å². The lowest BCUT2D eigenvalue weighted by Crippen LogP contribution is -2.07. The summed E-state index contributed by atoms with van der Waals surface area (Å²) < 4.78 is 5.05. The van der Waals surface area contributed by atoms with E-state index in [-0.39, 0.29) is 12.5 Å². The number of aliphatic hydroxyl groups is 1. The molecule has 4 nitrogen and oxygen atoms in total. The van der Waals surface area contributed by atoms with E-state index >= 15 is 0 Å². The summed E-state index contributed by atoms with van der Waals surface area (Å²) in [4.78, 5) is 10.9. The van der Waals surface area contributed by atoms with Crippen LogP contribution in [0.25, 0.3) is 0 Å². The maximum absolute atomic E-state index is 10.9. The first-order valence-corrected chi connectivity index (χ1v) is 4.22. The van der Waals surface area contributed by atoms with Crippen LogP contribution in [0.3, 0.4) is 0 Å². The maximum Gasteiger partial charge on any atom is 0.221 e. The van der Waals surface area contributed by atoms with Crippen molar-refractivity contribution in [3.05, 3.63) is 23.8 Å². The molecular formula is C10H13NO3. The number of amides is 1. The second kappa shape index (κ2) is 4.62. The minimum atomic E-state index is -0.168. The molecule has 0 saturated heterocycles. The molecule has 0 bridgehead atoms. The van der Waals surface area contributed by atoms with Crippen molar-refractivity contribution >= 4 is 11.6 Å². The van der Waals surface area contributed by atoms with Gasteiger partial charge in [-0.2, -0.15) is 0 Å². The van der Waals surface area contributed by atoms with Gasteiger partial charge in [0.2, 0.25) is 5.91 Å². The molecule has 0 aliphatic heterocycles. The molecule has 0 aliphatic carbocycles. The standard InChI is InChI=1S/C10H13NO3/c1-7(13)11-9-5-8(6-12)3-4-10(9)14-2/h3-5,12H,6H2,1-2H3,(H,11,13). The summed E-state index contributed by atoms with van der Waals surface area (Å²) >= 11 is 0. The largest absolute Gasteiger partial charge is 0.495 e. The Morgan fingerprint density at radius 1 is 1.57 bits per heavy atom. The fourth-order valence-electron chi connectivity index (χ4n) is 1.14. The van der Waals surface area contributed by atoms with E-state index in [1.807, 2.05) is 0 Å². The average Bonchev–Trinajstić information content (AvgIpc) is 2.16. The Morgan fingerprint density at radius 3 is 2.79 bits per heavy atom. The van der Waals surface area contributed by atoms with Crippen LogP contribution in [0, 0.1) is 0 Å². The number of hydrogen-bond acceptors (Lipinski definition) is 3. The summed E-state index contributed by atoms with van der Waals surface area (Å²) in [5.74, 6) is 0.413. The van der Waals surface area contributed by atoms with Crippen LogP contribution in [0.2, 0.25) is 0 Å². The molecule has 0 aromatic heterocycles. The Kier molecular flexibility index (Phi) is 3.48. The van der Waals surface area contributed by atoms with Gasteiger partial charge in [-0.1, -0.05) is 6.07 Å². The van der Waals surface area contributed by atoms with Gasteiger partial charge in [-0.25, -0.2) is 0 Å². The molecule has 14 heavy (non-hydrogen) atoms. The monoisotopic (exact) mass is 195 g/mol. The SMILES string of the molecule is COc1ccc(CO)cc1NC(C)=O. The number of nitrogens with one attached hydrogen (secondary N) is 1. The van der Waals surface area contributed by atoms with Gasteiger partial charge in [0, 0.05) is 6.92 Å². The minimum absolute atomic E-state index is 0.0589. The Bertz CT molecular complexity index is 336. The number of methoxy groups -OCH3 is 1. The van der Waals surface area contributed by atoms with Crippen LogP contribution in [0.1, 0.15) is 12.5 Å². The quantitative estimate of drug-likeness (QED) is 0.760. The Balaban J connectivity index is 3.01. The van der Waals surface area contributed by atoms with Crippen molar-refractivity contribution in [1.29, 1.82) is 0 Å². The minimum Gasteiger partial charge on any atom is -0.495 e. The maximum atomic E-state index is 10.9. The molecule has 0 aliphatic rings. The molecule has 0 saturated carbocycles. The number of ether oxygens (including phenoxy) is 1. The number of carbonyl (C=O) groups is 1. The van der Waals surface area contributed by atoms with Gasteiger partial charge in [-0.3, -0.25) is 4.79 Å². The first-order chi connectivity index (χ1) is 6.67. The van der Waals surface area contributed by atoms with E-state index in [0.717, 1.165) is 5.56 Å². The Hall–Kier alpha value is -1.55. The molecule has 76 valence electrons. The van der Waals surface area contributed by atoms with Crippen LogP contribution >= 0.6 is 0 Å². The summed E-state index contributed by atoms with van der Waals surface area (Å²) in [7, 11) is 1.53. The summed E-state index contributed by atoms with van der Waals surface area (Å²) in [5, 5.41) is 11.5. The highest BCUT2D eigenvalue weighted by molar-refractivity contribution is 5.90. The van der Waals surface area contributed by atoms with Crippen molar-refractivity contribution in [2.75, 3.05) is 12.4 Å². The van der Waals surface area contributed by atoms with Gasteiger partial charge in [0.1, 0.15) is 5.75 Å². The number of rotatable bonds is 3. The predicted octanol–water partition coefficient (Wildman–Crippen LogP) is 1.15. The lowest BCUT2D eigenvalue weighted by molar-refractivity contribution is -0.114. The summed E-state index contributed by atoms with van der Waals surface area (Å²) in [5.41, 5.74) is 1.31. The summed E-state index contributed by atoms with van der Waals surface area (Å²) in [6, 6.07) is 5.13. The van der Waals surface area contributed by atoms with Crippen molar-refractivity contribution in [1.82, 2.24) is 0 Å². The smallest absolute Gasteiger partial charge is 0.221 e. The molecule has 1 rings (SSSR count). The highest BCUT2D eigenvalue weighted by Crippen LogP contribution is 2.25. The van der Waals surface area contributed by atoms with Crippen molar-refractivity contribution < 1.29 is 14.6 Å². The second-order valence-corrected chi connectivity index (χ2v) is 2.87. The molecule has 2 N–H and O–H groups in total. The van der Waals surface area contributed by atoms with Crippen LogP contribution in [0.15, 0.2) is 18.2 Å². The van der Waals surface area contributed by atoms with Gasteiger partial charge in [-0.05, 0) is 17.7 Å². The fraction of sp³-hybridized carbons (Fsp3) is 0.300. The van der Waals surface area contributed by atoms with Gasteiger partial charge in [0.05, 0.1) is 19.4 Å². The van der Waals surface area contributed by atoms with E-state index < -0.39 is 0 Å². The van der Waals surface area contributed by atoms with Crippen LogP contribution in [-0.4, -0.2) is 18.1 Å². The number of anilines is 1. The molecular weight excluding hydrogens is 182 g/mol. The lowest BCUT2D eigenvalue weighted by atomic mass is 10.2. The van der Waals surface area contributed by atoms with E-state index in [4.69, 9.17) is 9.84 Å². The first kappa shape index (κ1) is 10.5. The first-order valence-electron chi connectivity index (χ1n) is 4.22. The number of carbonyl (C=O) groups excluding carboxylic acids is 1. The second-order valence-electron chi connectivity index (χ2n) is 2.87. The van der Waals surface area contributed by atoms with Crippen molar-refractivity contribution in [3.63, 3.8) is 0 Å². The van der Waals surface area contributed by atoms with Gasteiger partial charge in [0.25, 0.3) is 0 Å². The molecule has 1 aromatic carbocycles. The number of aliphatic hydroxyl groups excluding tert-OH is 1. The Labute approximate surface area is 82.5 Å². The van der Waals surface area contributed by atoms with Crippen LogP contribution in [-0.2, 0) is 11.4 Å². The molecule has 1 amide bonds. The third-order valence-corrected chi connectivity index (χ3v) is 1.76. The molecule has 0 atom stereocenters. The average molecular weight is 195 g/mol. The molecule has 0 radical (unpaired) electrons. The highest BCUT2D eigenvalue weighted by Gasteiger charge is 2.04.